The van der Waals surface area contributed by atoms with E-state index in [1.807, 2.05) is 4.90 Å². The number of methoxy groups -OCH3 is 1. The Labute approximate surface area is 138 Å². The largest absolute Gasteiger partial charge is 0.469 e. The van der Waals surface area contributed by atoms with E-state index in [0.717, 1.165) is 32.7 Å². The Morgan fingerprint density at radius 2 is 1.74 bits per heavy atom. The second-order valence-electron chi connectivity index (χ2n) is 6.15. The molecule has 0 unspecified atom stereocenters. The predicted octanol–water partition coefficient (Wildman–Crippen LogP) is 1.90. The van der Waals surface area contributed by atoms with Crippen LogP contribution in [0.5, 0.6) is 0 Å². The highest BCUT2D eigenvalue weighted by Crippen LogP contribution is 2.14. The average Bonchev–Trinajstić information content (AvgIpc) is 2.56. The first-order valence-electron chi connectivity index (χ1n) is 8.12. The summed E-state index contributed by atoms with van der Waals surface area (Å²) in [6.07, 6.45) is 0.405. The van der Waals surface area contributed by atoms with Gasteiger partial charge in [-0.3, -0.25) is 14.5 Å². The Hall–Kier alpha value is -1.88. The molecule has 126 valence electrons. The number of carbonyl (C=O) groups is 2. The topological polar surface area (TPSA) is 49.9 Å². The molecule has 1 saturated heterocycles. The molecule has 1 amide bonds. The lowest BCUT2D eigenvalue weighted by molar-refractivity contribution is -0.144. The molecule has 0 aliphatic carbocycles. The maximum atomic E-state index is 12.1. The van der Waals surface area contributed by atoms with Gasteiger partial charge in [-0.15, -0.1) is 0 Å². The van der Waals surface area contributed by atoms with E-state index in [2.05, 4.69) is 41.7 Å². The Bertz CT molecular complexity index is 563. The third-order valence-corrected chi connectivity index (χ3v) is 4.47. The fourth-order valence-electron chi connectivity index (χ4n) is 2.78. The summed E-state index contributed by atoms with van der Waals surface area (Å²) in [5.74, 6) is -0.284. The van der Waals surface area contributed by atoms with Crippen LogP contribution >= 0.6 is 0 Å². The smallest absolute Gasteiger partial charge is 0.306 e. The minimum Gasteiger partial charge on any atom is -0.469 e. The zero-order valence-electron chi connectivity index (χ0n) is 14.3. The van der Waals surface area contributed by atoms with E-state index in [1.165, 1.54) is 23.8 Å². The summed E-state index contributed by atoms with van der Waals surface area (Å²) in [6, 6.07) is 6.58. The normalized spacial score (nSPS) is 15.5. The number of benzene rings is 1. The van der Waals surface area contributed by atoms with E-state index in [-0.39, 0.29) is 24.7 Å². The highest BCUT2D eigenvalue weighted by Gasteiger charge is 2.21. The number of aryl methyl sites for hydroxylation is 2. The molecule has 0 N–H and O–H groups in total. The summed E-state index contributed by atoms with van der Waals surface area (Å²) in [5, 5.41) is 0. The molecule has 0 saturated carbocycles. The number of ether oxygens (including phenoxy) is 1. The highest BCUT2D eigenvalue weighted by molar-refractivity contribution is 5.81. The van der Waals surface area contributed by atoms with Crippen LogP contribution in [0.4, 0.5) is 0 Å². The van der Waals surface area contributed by atoms with Crippen LogP contribution in [0.3, 0.4) is 0 Å². The van der Waals surface area contributed by atoms with Gasteiger partial charge in [0, 0.05) is 39.1 Å². The molecule has 23 heavy (non-hydrogen) atoms. The molecule has 0 radical (unpaired) electrons. The van der Waals surface area contributed by atoms with Gasteiger partial charge in [0.05, 0.1) is 13.5 Å². The number of amides is 1. The number of esters is 1. The first-order chi connectivity index (χ1) is 11.0. The van der Waals surface area contributed by atoms with Crippen molar-refractivity contribution >= 4 is 11.9 Å². The van der Waals surface area contributed by atoms with Crippen LogP contribution in [-0.2, 0) is 20.9 Å². The number of nitrogens with zero attached hydrogens (tertiary/aromatic N) is 2. The van der Waals surface area contributed by atoms with Gasteiger partial charge >= 0.3 is 5.97 Å². The van der Waals surface area contributed by atoms with Gasteiger partial charge in [0.25, 0.3) is 0 Å². The minimum atomic E-state index is -0.327. The summed E-state index contributed by atoms with van der Waals surface area (Å²) >= 11 is 0. The van der Waals surface area contributed by atoms with Gasteiger partial charge in [0.15, 0.2) is 0 Å². The lowest BCUT2D eigenvalue weighted by Gasteiger charge is -2.34. The lowest BCUT2D eigenvalue weighted by Crippen LogP contribution is -2.48. The standard InChI is InChI=1S/C18H26N2O3/c1-14-4-5-16(12-15(14)2)13-19-8-10-20(11-9-19)17(21)6-7-18(22)23-3/h4-5,12H,6-11,13H2,1-3H3. The number of hydrogen-bond donors (Lipinski definition) is 0. The Balaban J connectivity index is 1.78. The molecule has 0 atom stereocenters. The van der Waals surface area contributed by atoms with Crippen LogP contribution < -0.4 is 0 Å². The molecule has 2 rings (SSSR count). The fraction of sp³-hybridized carbons (Fsp3) is 0.556. The molecular weight excluding hydrogens is 292 g/mol. The summed E-state index contributed by atoms with van der Waals surface area (Å²) in [6.45, 7) is 8.38. The predicted molar refractivity (Wildman–Crippen MR) is 89.0 cm³/mol. The molecule has 5 heteroatoms. The molecule has 1 aliphatic rings. The zero-order chi connectivity index (χ0) is 16.8. The Morgan fingerprint density at radius 3 is 2.35 bits per heavy atom. The molecule has 5 nitrogen and oxygen atoms in total. The summed E-state index contributed by atoms with van der Waals surface area (Å²) < 4.78 is 4.57. The number of rotatable bonds is 5. The Morgan fingerprint density at radius 1 is 1.04 bits per heavy atom. The summed E-state index contributed by atoms with van der Waals surface area (Å²) in [5.41, 5.74) is 3.95. The second kappa shape index (κ2) is 8.11. The quantitative estimate of drug-likeness (QED) is 0.778. The first kappa shape index (κ1) is 17.5. The molecule has 0 spiro atoms. The molecular formula is C18H26N2O3. The molecule has 0 bridgehead atoms. The van der Waals surface area contributed by atoms with Gasteiger partial charge in [0.1, 0.15) is 0 Å². The Kier molecular flexibility index (Phi) is 6.16. The number of carbonyl (C=O) groups excluding carboxylic acids is 2. The van der Waals surface area contributed by atoms with Gasteiger partial charge < -0.3 is 9.64 Å². The molecule has 0 aromatic heterocycles. The van der Waals surface area contributed by atoms with Crippen LogP contribution in [0.2, 0.25) is 0 Å². The summed E-state index contributed by atoms with van der Waals surface area (Å²) in [4.78, 5) is 27.4. The van der Waals surface area contributed by atoms with Gasteiger partial charge in [-0.25, -0.2) is 0 Å². The molecule has 1 aromatic carbocycles. The van der Waals surface area contributed by atoms with Crippen LogP contribution in [0.15, 0.2) is 18.2 Å². The van der Waals surface area contributed by atoms with E-state index in [1.54, 1.807) is 0 Å². The van der Waals surface area contributed by atoms with E-state index in [9.17, 15) is 9.59 Å². The van der Waals surface area contributed by atoms with Crippen LogP contribution in [0.1, 0.15) is 29.5 Å². The van der Waals surface area contributed by atoms with Gasteiger partial charge in [0.2, 0.25) is 5.91 Å². The second-order valence-corrected chi connectivity index (χ2v) is 6.15. The van der Waals surface area contributed by atoms with Gasteiger partial charge in [-0.2, -0.15) is 0 Å². The van der Waals surface area contributed by atoms with Crippen LogP contribution in [-0.4, -0.2) is 55.0 Å². The van der Waals surface area contributed by atoms with Crippen molar-refractivity contribution in [2.24, 2.45) is 0 Å². The average molecular weight is 318 g/mol. The maximum absolute atomic E-state index is 12.1. The van der Waals surface area contributed by atoms with Crippen molar-refractivity contribution in [3.63, 3.8) is 0 Å². The third-order valence-electron chi connectivity index (χ3n) is 4.47. The van der Waals surface area contributed by atoms with Gasteiger partial charge in [-0.05, 0) is 30.5 Å². The number of piperazine rings is 1. The van der Waals surface area contributed by atoms with Gasteiger partial charge in [-0.1, -0.05) is 18.2 Å². The monoisotopic (exact) mass is 318 g/mol. The fourth-order valence-corrected chi connectivity index (χ4v) is 2.78. The SMILES string of the molecule is COC(=O)CCC(=O)N1CCN(Cc2ccc(C)c(C)c2)CC1. The van der Waals surface area contributed by atoms with Crippen molar-refractivity contribution in [2.75, 3.05) is 33.3 Å². The third kappa shape index (κ3) is 5.06. The molecule has 1 fully saturated rings. The minimum absolute atomic E-state index is 0.0428. The highest BCUT2D eigenvalue weighted by atomic mass is 16.5. The van der Waals surface area contributed by atoms with E-state index < -0.39 is 0 Å². The lowest BCUT2D eigenvalue weighted by atomic mass is 10.1. The van der Waals surface area contributed by atoms with E-state index in [4.69, 9.17) is 0 Å². The molecule has 1 heterocycles. The van der Waals surface area contributed by atoms with Crippen molar-refractivity contribution in [3.05, 3.63) is 34.9 Å². The maximum Gasteiger partial charge on any atom is 0.306 e. The van der Waals surface area contributed by atoms with Crippen LogP contribution in [0.25, 0.3) is 0 Å². The molecule has 1 aromatic rings. The van der Waals surface area contributed by atoms with Crippen molar-refractivity contribution in [3.8, 4) is 0 Å². The van der Waals surface area contributed by atoms with E-state index >= 15 is 0 Å². The number of hydrogen-bond acceptors (Lipinski definition) is 4. The van der Waals surface area contributed by atoms with Crippen molar-refractivity contribution < 1.29 is 14.3 Å². The van der Waals surface area contributed by atoms with Crippen LogP contribution in [0, 0.1) is 13.8 Å². The van der Waals surface area contributed by atoms with E-state index in [0.29, 0.717) is 0 Å². The van der Waals surface area contributed by atoms with Crippen molar-refractivity contribution in [1.29, 1.82) is 0 Å². The van der Waals surface area contributed by atoms with Crippen molar-refractivity contribution in [2.45, 2.75) is 33.2 Å². The van der Waals surface area contributed by atoms with Crippen molar-refractivity contribution in [1.82, 2.24) is 9.80 Å². The first-order valence-corrected chi connectivity index (χ1v) is 8.12. The summed E-state index contributed by atoms with van der Waals surface area (Å²) in [7, 11) is 1.35. The zero-order valence-corrected chi connectivity index (χ0v) is 14.3. The molecule has 1 aliphatic heterocycles.